The molecular weight excluding hydrogens is 371 g/mol. The maximum atomic E-state index is 12.0. The highest BCUT2D eigenvalue weighted by Crippen LogP contribution is 2.27. The van der Waals surface area contributed by atoms with Gasteiger partial charge in [-0.3, -0.25) is 9.69 Å². The van der Waals surface area contributed by atoms with Gasteiger partial charge in [-0.05, 0) is 55.3 Å². The van der Waals surface area contributed by atoms with Gasteiger partial charge in [-0.2, -0.15) is 0 Å². The lowest BCUT2D eigenvalue weighted by Gasteiger charge is -2.14. The number of rotatable bonds is 7. The second kappa shape index (κ2) is 9.26. The summed E-state index contributed by atoms with van der Waals surface area (Å²) in [4.78, 5) is 14.4. The average Bonchev–Trinajstić information content (AvgIpc) is 3.13. The fraction of sp³-hybridized carbons (Fsp3) is 0.350. The smallest absolute Gasteiger partial charge is 0.258 e. The maximum Gasteiger partial charge on any atom is 0.258 e. The lowest BCUT2D eigenvalue weighted by molar-refractivity contribution is -0.123. The van der Waals surface area contributed by atoms with E-state index in [4.69, 9.17) is 27.9 Å². The molecule has 3 rings (SSSR count). The van der Waals surface area contributed by atoms with E-state index in [0.29, 0.717) is 22.3 Å². The normalized spacial score (nSPS) is 14.4. The highest BCUT2D eigenvalue weighted by molar-refractivity contribution is 6.35. The first kappa shape index (κ1) is 19.0. The van der Waals surface area contributed by atoms with Gasteiger partial charge in [-0.15, -0.1) is 0 Å². The number of likely N-dealkylation sites (tertiary alicyclic amines) is 1. The average molecular weight is 393 g/mol. The molecule has 1 heterocycles. The predicted molar refractivity (Wildman–Crippen MR) is 105 cm³/mol. The minimum atomic E-state index is -0.197. The Morgan fingerprint density at radius 3 is 2.42 bits per heavy atom. The van der Waals surface area contributed by atoms with Crippen LogP contribution in [0.3, 0.4) is 0 Å². The first-order chi connectivity index (χ1) is 12.6. The molecule has 1 aliphatic rings. The van der Waals surface area contributed by atoms with Crippen molar-refractivity contribution in [3.63, 3.8) is 0 Å². The van der Waals surface area contributed by atoms with Gasteiger partial charge >= 0.3 is 0 Å². The van der Waals surface area contributed by atoms with Gasteiger partial charge in [0, 0.05) is 18.1 Å². The molecule has 26 heavy (non-hydrogen) atoms. The Labute approximate surface area is 164 Å². The summed E-state index contributed by atoms with van der Waals surface area (Å²) in [7, 11) is 0. The Balaban J connectivity index is 1.42. The van der Waals surface area contributed by atoms with Gasteiger partial charge in [-0.1, -0.05) is 47.5 Å². The van der Waals surface area contributed by atoms with Crippen LogP contribution in [0.2, 0.25) is 10.0 Å². The van der Waals surface area contributed by atoms with Crippen LogP contribution in [-0.4, -0.2) is 30.5 Å². The molecule has 6 heteroatoms. The first-order valence-electron chi connectivity index (χ1n) is 8.75. The van der Waals surface area contributed by atoms with E-state index in [0.717, 1.165) is 12.1 Å². The zero-order chi connectivity index (χ0) is 18.4. The second-order valence-electron chi connectivity index (χ2n) is 6.44. The largest absolute Gasteiger partial charge is 0.482 e. The Kier molecular flexibility index (Phi) is 6.78. The summed E-state index contributed by atoms with van der Waals surface area (Å²) in [5, 5.41) is 3.76. The van der Waals surface area contributed by atoms with Gasteiger partial charge in [-0.25, -0.2) is 0 Å². The first-order valence-corrected chi connectivity index (χ1v) is 9.50. The van der Waals surface area contributed by atoms with Gasteiger partial charge in [0.05, 0.1) is 5.02 Å². The molecule has 138 valence electrons. The molecule has 0 aromatic heterocycles. The molecule has 0 aliphatic carbocycles. The van der Waals surface area contributed by atoms with E-state index in [2.05, 4.69) is 34.5 Å². The van der Waals surface area contributed by atoms with Crippen LogP contribution >= 0.6 is 23.2 Å². The van der Waals surface area contributed by atoms with Gasteiger partial charge < -0.3 is 10.1 Å². The van der Waals surface area contributed by atoms with Crippen molar-refractivity contribution in [2.75, 3.05) is 19.7 Å². The number of amides is 1. The third kappa shape index (κ3) is 5.63. The number of halogens is 2. The van der Waals surface area contributed by atoms with Crippen molar-refractivity contribution in [1.82, 2.24) is 10.2 Å². The van der Waals surface area contributed by atoms with Crippen LogP contribution in [0.1, 0.15) is 24.0 Å². The molecule has 1 N–H and O–H groups in total. The molecule has 0 spiro atoms. The summed E-state index contributed by atoms with van der Waals surface area (Å²) >= 11 is 11.9. The topological polar surface area (TPSA) is 41.6 Å². The minimum Gasteiger partial charge on any atom is -0.482 e. The Bertz CT molecular complexity index is 744. The molecule has 2 aromatic carbocycles. The summed E-state index contributed by atoms with van der Waals surface area (Å²) in [5.74, 6) is 0.245. The monoisotopic (exact) mass is 392 g/mol. The van der Waals surface area contributed by atoms with Crippen LogP contribution in [0, 0.1) is 0 Å². The molecule has 0 saturated carbocycles. The van der Waals surface area contributed by atoms with Crippen molar-refractivity contribution in [3.05, 3.63) is 63.6 Å². The molecule has 0 atom stereocenters. The van der Waals surface area contributed by atoms with E-state index in [-0.39, 0.29) is 12.5 Å². The summed E-state index contributed by atoms with van der Waals surface area (Å²) in [6.07, 6.45) is 2.60. The number of carbonyl (C=O) groups is 1. The summed E-state index contributed by atoms with van der Waals surface area (Å²) in [6, 6.07) is 13.3. The van der Waals surface area contributed by atoms with Crippen molar-refractivity contribution in [2.24, 2.45) is 0 Å². The van der Waals surface area contributed by atoms with Crippen molar-refractivity contribution >= 4 is 29.1 Å². The Morgan fingerprint density at radius 1 is 1.04 bits per heavy atom. The van der Waals surface area contributed by atoms with Crippen molar-refractivity contribution < 1.29 is 9.53 Å². The number of ether oxygens (including phenoxy) is 1. The standard InChI is InChI=1S/C20H22Cl2N2O2/c21-17-7-8-19(18(22)11-17)26-14-20(25)23-12-15-3-5-16(6-4-15)13-24-9-1-2-10-24/h3-8,11H,1-2,9-10,12-14H2,(H,23,25). The molecule has 2 aromatic rings. The van der Waals surface area contributed by atoms with E-state index >= 15 is 0 Å². The van der Waals surface area contributed by atoms with Gasteiger partial charge in [0.25, 0.3) is 5.91 Å². The molecular formula is C20H22Cl2N2O2. The van der Waals surface area contributed by atoms with E-state index in [1.807, 2.05) is 0 Å². The van der Waals surface area contributed by atoms with E-state index < -0.39 is 0 Å². The van der Waals surface area contributed by atoms with Gasteiger partial charge in [0.1, 0.15) is 5.75 Å². The molecule has 0 radical (unpaired) electrons. The van der Waals surface area contributed by atoms with Crippen LogP contribution < -0.4 is 10.1 Å². The number of hydrogen-bond acceptors (Lipinski definition) is 3. The SMILES string of the molecule is O=C(COc1ccc(Cl)cc1Cl)NCc1ccc(CN2CCCC2)cc1. The fourth-order valence-corrected chi connectivity index (χ4v) is 3.41. The van der Waals surface area contributed by atoms with E-state index in [1.165, 1.54) is 31.5 Å². The van der Waals surface area contributed by atoms with Crippen molar-refractivity contribution in [3.8, 4) is 5.75 Å². The van der Waals surface area contributed by atoms with Crippen LogP contribution in [-0.2, 0) is 17.9 Å². The zero-order valence-electron chi connectivity index (χ0n) is 14.5. The third-order valence-electron chi connectivity index (χ3n) is 4.37. The Hall–Kier alpha value is -1.75. The molecule has 0 unspecified atom stereocenters. The lowest BCUT2D eigenvalue weighted by atomic mass is 10.1. The highest BCUT2D eigenvalue weighted by atomic mass is 35.5. The van der Waals surface area contributed by atoms with Crippen LogP contribution in [0.15, 0.2) is 42.5 Å². The molecule has 1 amide bonds. The molecule has 0 bridgehead atoms. The predicted octanol–water partition coefficient (Wildman–Crippen LogP) is 4.28. The zero-order valence-corrected chi connectivity index (χ0v) is 16.0. The third-order valence-corrected chi connectivity index (χ3v) is 4.90. The summed E-state index contributed by atoms with van der Waals surface area (Å²) < 4.78 is 5.43. The van der Waals surface area contributed by atoms with Crippen molar-refractivity contribution in [2.45, 2.75) is 25.9 Å². The van der Waals surface area contributed by atoms with Crippen LogP contribution in [0.4, 0.5) is 0 Å². The molecule has 4 nitrogen and oxygen atoms in total. The van der Waals surface area contributed by atoms with Gasteiger partial charge in [0.2, 0.25) is 0 Å². The minimum absolute atomic E-state index is 0.0889. The molecule has 1 aliphatic heterocycles. The highest BCUT2D eigenvalue weighted by Gasteiger charge is 2.11. The molecule has 1 saturated heterocycles. The number of hydrogen-bond donors (Lipinski definition) is 1. The second-order valence-corrected chi connectivity index (χ2v) is 7.28. The summed E-state index contributed by atoms with van der Waals surface area (Å²) in [5.41, 5.74) is 2.37. The Morgan fingerprint density at radius 2 is 1.73 bits per heavy atom. The fourth-order valence-electron chi connectivity index (χ4n) is 2.95. The maximum absolute atomic E-state index is 12.0. The van der Waals surface area contributed by atoms with Crippen molar-refractivity contribution in [1.29, 1.82) is 0 Å². The summed E-state index contributed by atoms with van der Waals surface area (Å²) in [6.45, 7) is 3.77. The van der Waals surface area contributed by atoms with Gasteiger partial charge in [0.15, 0.2) is 6.61 Å². The van der Waals surface area contributed by atoms with E-state index in [9.17, 15) is 4.79 Å². The van der Waals surface area contributed by atoms with Crippen LogP contribution in [0.5, 0.6) is 5.75 Å². The lowest BCUT2D eigenvalue weighted by Crippen LogP contribution is -2.28. The number of nitrogens with one attached hydrogen (secondary N) is 1. The van der Waals surface area contributed by atoms with E-state index in [1.54, 1.807) is 18.2 Å². The quantitative estimate of drug-likeness (QED) is 0.763. The number of benzene rings is 2. The molecule has 1 fully saturated rings. The number of nitrogens with zero attached hydrogens (tertiary/aromatic N) is 1. The number of carbonyl (C=O) groups excluding carboxylic acids is 1. The van der Waals surface area contributed by atoms with Crippen LogP contribution in [0.25, 0.3) is 0 Å².